The topological polar surface area (TPSA) is 76.7 Å². The van der Waals surface area contributed by atoms with E-state index in [1.54, 1.807) is 24.3 Å². The number of anilines is 1. The van der Waals surface area contributed by atoms with Gasteiger partial charge in [0.2, 0.25) is 0 Å². The van der Waals surface area contributed by atoms with E-state index in [0.717, 1.165) is 5.56 Å². The van der Waals surface area contributed by atoms with Crippen LogP contribution in [0.2, 0.25) is 0 Å². The first kappa shape index (κ1) is 16.8. The van der Waals surface area contributed by atoms with Gasteiger partial charge in [0.25, 0.3) is 5.91 Å². The van der Waals surface area contributed by atoms with Crippen LogP contribution in [0.1, 0.15) is 35.7 Å². The summed E-state index contributed by atoms with van der Waals surface area (Å²) in [5.41, 5.74) is 2.07. The molecule has 0 aromatic heterocycles. The Kier molecular flexibility index (Phi) is 4.88. The lowest BCUT2D eigenvalue weighted by atomic mass is 10.0. The van der Waals surface area contributed by atoms with Gasteiger partial charge in [0, 0.05) is 11.3 Å². The van der Waals surface area contributed by atoms with Gasteiger partial charge in [-0.3, -0.25) is 10.1 Å². The Morgan fingerprint density at radius 2 is 1.76 bits per heavy atom. The molecule has 1 heterocycles. The predicted molar refractivity (Wildman–Crippen MR) is 94.4 cm³/mol. The highest BCUT2D eigenvalue weighted by atomic mass is 16.6. The molecule has 0 atom stereocenters. The first-order valence-corrected chi connectivity index (χ1v) is 8.15. The number of hydrogen-bond donors (Lipinski definition) is 2. The van der Waals surface area contributed by atoms with Crippen LogP contribution in [0.15, 0.2) is 42.5 Å². The van der Waals surface area contributed by atoms with Crippen LogP contribution in [0.4, 0.5) is 10.5 Å². The monoisotopic (exact) mass is 340 g/mol. The lowest BCUT2D eigenvalue weighted by Crippen LogP contribution is -2.34. The molecule has 0 aliphatic carbocycles. The Morgan fingerprint density at radius 1 is 1.00 bits per heavy atom. The van der Waals surface area contributed by atoms with E-state index in [9.17, 15) is 9.59 Å². The molecule has 0 saturated carbocycles. The fraction of sp³-hybridized carbons (Fsp3) is 0.263. The van der Waals surface area contributed by atoms with Gasteiger partial charge in [-0.1, -0.05) is 26.0 Å². The average Bonchev–Trinajstić information content (AvgIpc) is 2.61. The number of urea groups is 1. The lowest BCUT2D eigenvalue weighted by molar-refractivity contribution is 0.0966. The van der Waals surface area contributed by atoms with E-state index in [4.69, 9.17) is 9.47 Å². The molecule has 2 aromatic rings. The Balaban J connectivity index is 1.64. The predicted octanol–water partition coefficient (Wildman–Crippen LogP) is 3.54. The minimum atomic E-state index is -0.583. The molecule has 25 heavy (non-hydrogen) atoms. The maximum atomic E-state index is 12.2. The van der Waals surface area contributed by atoms with Crippen molar-refractivity contribution in [2.24, 2.45) is 0 Å². The van der Waals surface area contributed by atoms with Crippen LogP contribution in [-0.2, 0) is 0 Å². The van der Waals surface area contributed by atoms with Crippen molar-refractivity contribution in [1.82, 2.24) is 5.32 Å². The fourth-order valence-electron chi connectivity index (χ4n) is 2.50. The molecular formula is C19H20N2O4. The molecular weight excluding hydrogens is 320 g/mol. The highest BCUT2D eigenvalue weighted by molar-refractivity contribution is 6.08. The van der Waals surface area contributed by atoms with Crippen molar-refractivity contribution in [2.75, 3.05) is 18.5 Å². The number of carbonyl (C=O) groups is 2. The molecule has 3 rings (SSSR count). The molecule has 1 aliphatic heterocycles. The summed E-state index contributed by atoms with van der Waals surface area (Å²) in [5, 5.41) is 4.99. The summed E-state index contributed by atoms with van der Waals surface area (Å²) < 4.78 is 10.9. The summed E-state index contributed by atoms with van der Waals surface area (Å²) in [5.74, 6) is 0.945. The zero-order chi connectivity index (χ0) is 17.8. The standard InChI is InChI=1S/C19H20N2O4/c1-12(2)13-4-3-5-15(10-13)20-19(23)21-18(22)14-6-7-16-17(11-14)25-9-8-24-16/h3-7,10-12H,8-9H2,1-2H3,(H2,20,21,22,23). The van der Waals surface area contributed by atoms with Crippen molar-refractivity contribution < 1.29 is 19.1 Å². The zero-order valence-corrected chi connectivity index (χ0v) is 14.2. The number of fused-ring (bicyclic) bond motifs is 1. The van der Waals surface area contributed by atoms with E-state index >= 15 is 0 Å². The van der Waals surface area contributed by atoms with Crippen LogP contribution >= 0.6 is 0 Å². The number of imide groups is 1. The van der Waals surface area contributed by atoms with E-state index < -0.39 is 11.9 Å². The van der Waals surface area contributed by atoms with Gasteiger partial charge in [0.05, 0.1) is 0 Å². The Labute approximate surface area is 146 Å². The molecule has 1 aliphatic rings. The molecule has 130 valence electrons. The fourth-order valence-corrected chi connectivity index (χ4v) is 2.50. The lowest BCUT2D eigenvalue weighted by Gasteiger charge is -2.18. The van der Waals surface area contributed by atoms with Crippen LogP contribution < -0.4 is 20.1 Å². The number of ether oxygens (including phenoxy) is 2. The molecule has 0 bridgehead atoms. The minimum absolute atomic E-state index is 0.329. The van der Waals surface area contributed by atoms with Gasteiger partial charge in [0.15, 0.2) is 11.5 Å². The third-order valence-corrected chi connectivity index (χ3v) is 3.84. The molecule has 6 nitrogen and oxygen atoms in total. The third-order valence-electron chi connectivity index (χ3n) is 3.84. The van der Waals surface area contributed by atoms with Gasteiger partial charge >= 0.3 is 6.03 Å². The third kappa shape index (κ3) is 4.09. The molecule has 0 spiro atoms. The molecule has 3 amide bonds. The SMILES string of the molecule is CC(C)c1cccc(NC(=O)NC(=O)c2ccc3c(c2)OCCO3)c1. The van der Waals surface area contributed by atoms with Crippen molar-refractivity contribution in [3.63, 3.8) is 0 Å². The van der Waals surface area contributed by atoms with Crippen molar-refractivity contribution >= 4 is 17.6 Å². The second-order valence-electron chi connectivity index (χ2n) is 6.05. The molecule has 2 N–H and O–H groups in total. The molecule has 6 heteroatoms. The Hall–Kier alpha value is -3.02. The summed E-state index contributed by atoms with van der Waals surface area (Å²) in [4.78, 5) is 24.3. The minimum Gasteiger partial charge on any atom is -0.486 e. The normalized spacial score (nSPS) is 12.6. The first-order chi connectivity index (χ1) is 12.0. The zero-order valence-electron chi connectivity index (χ0n) is 14.2. The van der Waals surface area contributed by atoms with Gasteiger partial charge < -0.3 is 14.8 Å². The maximum absolute atomic E-state index is 12.2. The van der Waals surface area contributed by atoms with Crippen LogP contribution in [-0.4, -0.2) is 25.2 Å². The van der Waals surface area contributed by atoms with Crippen molar-refractivity contribution in [2.45, 2.75) is 19.8 Å². The Bertz CT molecular complexity index is 802. The number of benzene rings is 2. The van der Waals surface area contributed by atoms with E-state index in [1.165, 1.54) is 0 Å². The van der Waals surface area contributed by atoms with Gasteiger partial charge in [-0.2, -0.15) is 0 Å². The summed E-state index contributed by atoms with van der Waals surface area (Å²) in [7, 11) is 0. The molecule has 0 unspecified atom stereocenters. The van der Waals surface area contributed by atoms with Gasteiger partial charge in [-0.25, -0.2) is 4.79 Å². The van der Waals surface area contributed by atoms with Crippen LogP contribution in [0.5, 0.6) is 11.5 Å². The summed E-state index contributed by atoms with van der Waals surface area (Å²) >= 11 is 0. The summed E-state index contributed by atoms with van der Waals surface area (Å²) in [6.07, 6.45) is 0. The number of hydrogen-bond acceptors (Lipinski definition) is 4. The van der Waals surface area contributed by atoms with Gasteiger partial charge in [-0.15, -0.1) is 0 Å². The first-order valence-electron chi connectivity index (χ1n) is 8.15. The Morgan fingerprint density at radius 3 is 2.52 bits per heavy atom. The molecule has 0 radical (unpaired) electrons. The van der Waals surface area contributed by atoms with Crippen molar-refractivity contribution in [3.05, 3.63) is 53.6 Å². The summed E-state index contributed by atoms with van der Waals surface area (Å²) in [6, 6.07) is 11.8. The average molecular weight is 340 g/mol. The van der Waals surface area contributed by atoms with Crippen molar-refractivity contribution in [1.29, 1.82) is 0 Å². The van der Waals surface area contributed by atoms with Crippen LogP contribution in [0.3, 0.4) is 0 Å². The van der Waals surface area contributed by atoms with Gasteiger partial charge in [-0.05, 0) is 41.8 Å². The van der Waals surface area contributed by atoms with Crippen LogP contribution in [0.25, 0.3) is 0 Å². The number of amides is 3. The van der Waals surface area contributed by atoms with Crippen LogP contribution in [0, 0.1) is 0 Å². The van der Waals surface area contributed by atoms with E-state index in [-0.39, 0.29) is 0 Å². The quantitative estimate of drug-likeness (QED) is 0.896. The molecule has 0 fully saturated rings. The second-order valence-corrected chi connectivity index (χ2v) is 6.05. The number of rotatable bonds is 3. The van der Waals surface area contributed by atoms with Gasteiger partial charge in [0.1, 0.15) is 13.2 Å². The van der Waals surface area contributed by atoms with E-state index in [0.29, 0.717) is 41.9 Å². The summed E-state index contributed by atoms with van der Waals surface area (Å²) in [6.45, 7) is 5.07. The smallest absolute Gasteiger partial charge is 0.326 e. The van der Waals surface area contributed by atoms with Crippen molar-refractivity contribution in [3.8, 4) is 11.5 Å². The molecule has 2 aromatic carbocycles. The van der Waals surface area contributed by atoms with E-state index in [2.05, 4.69) is 24.5 Å². The number of nitrogens with one attached hydrogen (secondary N) is 2. The largest absolute Gasteiger partial charge is 0.486 e. The molecule has 0 saturated heterocycles. The van der Waals surface area contributed by atoms with E-state index in [1.807, 2.05) is 18.2 Å². The highest BCUT2D eigenvalue weighted by Gasteiger charge is 2.16. The maximum Gasteiger partial charge on any atom is 0.326 e. The number of carbonyl (C=O) groups excluding carboxylic acids is 2. The highest BCUT2D eigenvalue weighted by Crippen LogP contribution is 2.30. The second kappa shape index (κ2) is 7.25.